The number of carbonyl (C=O) groups excluding carboxylic acids is 2. The Labute approximate surface area is 150 Å². The highest BCUT2D eigenvalue weighted by Crippen LogP contribution is 2.34. The second-order valence-corrected chi connectivity index (χ2v) is 5.59. The number of ketones is 1. The molecule has 7 heteroatoms. The molecule has 0 amide bonds. The largest absolute Gasteiger partial charge is 0.493 e. The maximum atomic E-state index is 11.4. The minimum absolute atomic E-state index is 0.00199. The van der Waals surface area contributed by atoms with Crippen molar-refractivity contribution in [3.8, 4) is 11.5 Å². The molecule has 132 valence electrons. The molecule has 0 aliphatic heterocycles. The minimum Gasteiger partial charge on any atom is -0.493 e. The van der Waals surface area contributed by atoms with E-state index in [-0.39, 0.29) is 11.5 Å². The van der Waals surface area contributed by atoms with Crippen molar-refractivity contribution in [3.05, 3.63) is 48.3 Å². The number of anilines is 2. The summed E-state index contributed by atoms with van der Waals surface area (Å²) in [4.78, 5) is 31.2. The van der Waals surface area contributed by atoms with Crippen LogP contribution in [0.3, 0.4) is 0 Å². The lowest BCUT2D eigenvalue weighted by Gasteiger charge is -2.12. The zero-order valence-electron chi connectivity index (χ0n) is 14.6. The Kier molecular flexibility index (Phi) is 4.79. The maximum absolute atomic E-state index is 11.4. The summed E-state index contributed by atoms with van der Waals surface area (Å²) in [5, 5.41) is 3.85. The first-order valence-corrected chi connectivity index (χ1v) is 7.87. The van der Waals surface area contributed by atoms with Crippen LogP contribution in [0.15, 0.2) is 42.7 Å². The molecule has 2 aromatic carbocycles. The molecule has 0 aliphatic rings. The summed E-state index contributed by atoms with van der Waals surface area (Å²) < 4.78 is 10.5. The summed E-state index contributed by atoms with van der Waals surface area (Å²) in [5.41, 5.74) is 2.03. The van der Waals surface area contributed by atoms with E-state index in [4.69, 9.17) is 9.47 Å². The Morgan fingerprint density at radius 2 is 1.73 bits per heavy atom. The van der Waals surface area contributed by atoms with Crippen molar-refractivity contribution in [1.29, 1.82) is 0 Å². The maximum Gasteiger partial charge on any atom is 0.308 e. The Morgan fingerprint density at radius 1 is 1.00 bits per heavy atom. The Balaban J connectivity index is 2.02. The summed E-state index contributed by atoms with van der Waals surface area (Å²) in [7, 11) is 1.49. The van der Waals surface area contributed by atoms with Crippen LogP contribution >= 0.6 is 0 Å². The molecule has 3 aromatic rings. The molecule has 26 heavy (non-hydrogen) atoms. The zero-order valence-corrected chi connectivity index (χ0v) is 14.6. The highest BCUT2D eigenvalue weighted by atomic mass is 16.6. The highest BCUT2D eigenvalue weighted by molar-refractivity contribution is 5.95. The van der Waals surface area contributed by atoms with Crippen LogP contribution in [0.25, 0.3) is 10.9 Å². The van der Waals surface area contributed by atoms with Gasteiger partial charge in [-0.25, -0.2) is 9.97 Å². The van der Waals surface area contributed by atoms with E-state index in [1.165, 1.54) is 27.3 Å². The Morgan fingerprint density at radius 3 is 2.35 bits per heavy atom. The monoisotopic (exact) mass is 351 g/mol. The van der Waals surface area contributed by atoms with Gasteiger partial charge in [-0.3, -0.25) is 9.59 Å². The molecule has 1 N–H and O–H groups in total. The third-order valence-corrected chi connectivity index (χ3v) is 3.73. The van der Waals surface area contributed by atoms with Gasteiger partial charge in [0.25, 0.3) is 0 Å². The third-order valence-electron chi connectivity index (χ3n) is 3.73. The highest BCUT2D eigenvalue weighted by Gasteiger charge is 2.13. The van der Waals surface area contributed by atoms with Crippen LogP contribution in [0.1, 0.15) is 24.2 Å². The summed E-state index contributed by atoms with van der Waals surface area (Å²) in [6, 6.07) is 10.4. The number of aromatic nitrogens is 2. The van der Waals surface area contributed by atoms with Gasteiger partial charge in [-0.05, 0) is 37.3 Å². The smallest absolute Gasteiger partial charge is 0.308 e. The quantitative estimate of drug-likeness (QED) is 0.427. The van der Waals surface area contributed by atoms with Crippen molar-refractivity contribution in [2.24, 2.45) is 0 Å². The average Bonchev–Trinajstić information content (AvgIpc) is 2.61. The molecule has 0 radical (unpaired) electrons. The summed E-state index contributed by atoms with van der Waals surface area (Å²) in [6.45, 7) is 2.84. The summed E-state index contributed by atoms with van der Waals surface area (Å²) >= 11 is 0. The fourth-order valence-corrected chi connectivity index (χ4v) is 2.48. The third kappa shape index (κ3) is 3.61. The van der Waals surface area contributed by atoms with Gasteiger partial charge in [0.2, 0.25) is 0 Å². The number of methoxy groups -OCH3 is 1. The van der Waals surface area contributed by atoms with Crippen molar-refractivity contribution in [2.75, 3.05) is 12.4 Å². The molecule has 0 saturated heterocycles. The van der Waals surface area contributed by atoms with E-state index in [9.17, 15) is 9.59 Å². The van der Waals surface area contributed by atoms with Gasteiger partial charge in [-0.2, -0.15) is 0 Å². The number of hydrogen-bond donors (Lipinski definition) is 1. The van der Waals surface area contributed by atoms with E-state index >= 15 is 0 Å². The number of benzene rings is 2. The van der Waals surface area contributed by atoms with E-state index in [0.29, 0.717) is 28.0 Å². The number of fused-ring (bicyclic) bond motifs is 1. The van der Waals surface area contributed by atoms with Gasteiger partial charge in [0.05, 0.1) is 12.6 Å². The molecule has 1 heterocycles. The first-order chi connectivity index (χ1) is 12.5. The van der Waals surface area contributed by atoms with Crippen LogP contribution in [0.5, 0.6) is 11.5 Å². The molecule has 0 bridgehead atoms. The number of carbonyl (C=O) groups is 2. The predicted molar refractivity (Wildman–Crippen MR) is 97.1 cm³/mol. The first-order valence-electron chi connectivity index (χ1n) is 7.87. The number of ether oxygens (including phenoxy) is 2. The normalized spacial score (nSPS) is 10.4. The Hall–Kier alpha value is -3.48. The first kappa shape index (κ1) is 17.3. The molecule has 1 aromatic heterocycles. The van der Waals surface area contributed by atoms with Crippen molar-refractivity contribution < 1.29 is 19.1 Å². The van der Waals surface area contributed by atoms with Gasteiger partial charge in [-0.1, -0.05) is 0 Å². The van der Waals surface area contributed by atoms with E-state index < -0.39 is 5.97 Å². The minimum atomic E-state index is -0.450. The lowest BCUT2D eigenvalue weighted by molar-refractivity contribution is -0.132. The van der Waals surface area contributed by atoms with Crippen molar-refractivity contribution in [1.82, 2.24) is 9.97 Å². The number of rotatable bonds is 5. The van der Waals surface area contributed by atoms with Crippen molar-refractivity contribution in [3.63, 3.8) is 0 Å². The molecule has 7 nitrogen and oxygen atoms in total. The fourth-order valence-electron chi connectivity index (χ4n) is 2.48. The topological polar surface area (TPSA) is 90.4 Å². The number of nitrogens with zero attached hydrogens (tertiary/aromatic N) is 2. The van der Waals surface area contributed by atoms with Crippen molar-refractivity contribution in [2.45, 2.75) is 13.8 Å². The van der Waals surface area contributed by atoms with E-state index in [0.717, 1.165) is 5.69 Å². The second kappa shape index (κ2) is 7.18. The average molecular weight is 351 g/mol. The van der Waals surface area contributed by atoms with Crippen molar-refractivity contribution >= 4 is 34.2 Å². The second-order valence-electron chi connectivity index (χ2n) is 5.59. The standard InChI is InChI=1S/C19H17N3O4/c1-11(23)13-4-6-14(7-5-13)22-19-15-8-18(26-12(2)24)17(25-3)9-16(15)20-10-21-19/h4-10H,1-3H3,(H,20,21,22). The Bertz CT molecular complexity index is 984. The molecular formula is C19H17N3O4. The van der Waals surface area contributed by atoms with Crippen LogP contribution in [-0.2, 0) is 4.79 Å². The molecule has 0 fully saturated rings. The van der Waals surface area contributed by atoms with Gasteiger partial charge in [0.15, 0.2) is 17.3 Å². The molecule has 0 atom stereocenters. The lowest BCUT2D eigenvalue weighted by atomic mass is 10.1. The molecule has 0 saturated carbocycles. The van der Waals surface area contributed by atoms with E-state index in [2.05, 4.69) is 15.3 Å². The van der Waals surface area contributed by atoms with Gasteiger partial charge < -0.3 is 14.8 Å². The van der Waals surface area contributed by atoms with Crippen LogP contribution < -0.4 is 14.8 Å². The number of esters is 1. The number of nitrogens with one attached hydrogen (secondary N) is 1. The molecular weight excluding hydrogens is 334 g/mol. The number of Topliss-reactive ketones (excluding diaryl/α,β-unsaturated/α-hetero) is 1. The van der Waals surface area contributed by atoms with Crippen LogP contribution in [0.4, 0.5) is 11.5 Å². The molecule has 0 aliphatic carbocycles. The molecule has 0 unspecified atom stereocenters. The summed E-state index contributed by atoms with van der Waals surface area (Å²) in [5.74, 6) is 0.790. The molecule has 3 rings (SSSR count). The number of hydrogen-bond acceptors (Lipinski definition) is 7. The van der Waals surface area contributed by atoms with Crippen LogP contribution in [0.2, 0.25) is 0 Å². The van der Waals surface area contributed by atoms with Crippen LogP contribution in [0, 0.1) is 0 Å². The zero-order chi connectivity index (χ0) is 18.7. The lowest BCUT2D eigenvalue weighted by Crippen LogP contribution is -2.04. The van der Waals surface area contributed by atoms with Gasteiger partial charge in [0, 0.05) is 29.6 Å². The van der Waals surface area contributed by atoms with Gasteiger partial charge in [-0.15, -0.1) is 0 Å². The summed E-state index contributed by atoms with van der Waals surface area (Å²) in [6.07, 6.45) is 1.43. The van der Waals surface area contributed by atoms with Gasteiger partial charge >= 0.3 is 5.97 Å². The van der Waals surface area contributed by atoms with Gasteiger partial charge in [0.1, 0.15) is 12.1 Å². The predicted octanol–water partition coefficient (Wildman–Crippen LogP) is 3.51. The van der Waals surface area contributed by atoms with E-state index in [1.54, 1.807) is 36.4 Å². The van der Waals surface area contributed by atoms with E-state index in [1.807, 2.05) is 0 Å². The molecule has 0 spiro atoms. The fraction of sp³-hybridized carbons (Fsp3) is 0.158. The SMILES string of the molecule is COc1cc2ncnc(Nc3ccc(C(C)=O)cc3)c2cc1OC(C)=O. The van der Waals surface area contributed by atoms with Crippen LogP contribution in [-0.4, -0.2) is 28.8 Å².